The van der Waals surface area contributed by atoms with Crippen molar-refractivity contribution in [3.8, 4) is 5.75 Å². The smallest absolute Gasteiger partial charge is 0.251 e. The fraction of sp³-hybridized carbons (Fsp3) is 0.217. The van der Waals surface area contributed by atoms with Gasteiger partial charge >= 0.3 is 0 Å². The maximum atomic E-state index is 12.6. The number of carbonyl (C=O) groups is 2. The zero-order valence-electron chi connectivity index (χ0n) is 17.9. The van der Waals surface area contributed by atoms with E-state index >= 15 is 0 Å². The summed E-state index contributed by atoms with van der Waals surface area (Å²) in [6, 6.07) is 15.7. The highest BCUT2D eigenvalue weighted by Crippen LogP contribution is 2.22. The number of hydrogen-bond acceptors (Lipinski definition) is 6. The highest BCUT2D eigenvalue weighted by Gasteiger charge is 2.20. The predicted octanol–water partition coefficient (Wildman–Crippen LogP) is 3.69. The van der Waals surface area contributed by atoms with Gasteiger partial charge < -0.3 is 19.9 Å². The molecule has 2 N–H and O–H groups in total. The van der Waals surface area contributed by atoms with Gasteiger partial charge in [-0.15, -0.1) is 16.8 Å². The van der Waals surface area contributed by atoms with Crippen LogP contribution < -0.4 is 15.4 Å². The van der Waals surface area contributed by atoms with Crippen LogP contribution in [0.2, 0.25) is 0 Å². The molecule has 0 bridgehead atoms. The fourth-order valence-electron chi connectivity index (χ4n) is 2.96. The van der Waals surface area contributed by atoms with E-state index in [9.17, 15) is 9.59 Å². The molecular weight excluding hydrogens is 426 g/mol. The van der Waals surface area contributed by atoms with Crippen LogP contribution in [0, 0.1) is 0 Å². The Bertz CT molecular complexity index is 1070. The molecule has 3 rings (SSSR count). The van der Waals surface area contributed by atoms with Crippen LogP contribution in [0.4, 0.5) is 5.69 Å². The molecule has 0 spiro atoms. The van der Waals surface area contributed by atoms with Gasteiger partial charge in [0.05, 0.1) is 18.9 Å². The monoisotopic (exact) mass is 451 g/mol. The van der Waals surface area contributed by atoms with Gasteiger partial charge in [-0.3, -0.25) is 9.59 Å². The van der Waals surface area contributed by atoms with E-state index in [2.05, 4.69) is 27.4 Å². The van der Waals surface area contributed by atoms with Gasteiger partial charge in [-0.2, -0.15) is 0 Å². The molecule has 1 atom stereocenters. The van der Waals surface area contributed by atoms with Gasteiger partial charge in [0.25, 0.3) is 5.91 Å². The third kappa shape index (κ3) is 5.98. The summed E-state index contributed by atoms with van der Waals surface area (Å²) in [6.45, 7) is 6.08. The first-order valence-corrected chi connectivity index (χ1v) is 11.0. The van der Waals surface area contributed by atoms with Crippen LogP contribution in [0.5, 0.6) is 5.75 Å². The summed E-state index contributed by atoms with van der Waals surface area (Å²) in [5.74, 6) is 1.06. The molecule has 0 fully saturated rings. The number of aromatic nitrogens is 3. The van der Waals surface area contributed by atoms with Gasteiger partial charge in [-0.1, -0.05) is 36.0 Å². The van der Waals surface area contributed by atoms with Crippen molar-refractivity contribution in [1.82, 2.24) is 20.1 Å². The first-order chi connectivity index (χ1) is 15.5. The molecule has 0 radical (unpaired) electrons. The van der Waals surface area contributed by atoms with Gasteiger partial charge in [-0.05, 0) is 43.3 Å². The molecule has 0 aliphatic heterocycles. The quantitative estimate of drug-likeness (QED) is 0.360. The lowest BCUT2D eigenvalue weighted by atomic mass is 10.2. The van der Waals surface area contributed by atoms with Crippen molar-refractivity contribution < 1.29 is 14.3 Å². The van der Waals surface area contributed by atoms with Crippen LogP contribution in [-0.4, -0.2) is 39.4 Å². The Kier molecular flexibility index (Phi) is 8.04. The number of carbonyl (C=O) groups excluding carboxylic acids is 2. The second-order valence-electron chi connectivity index (χ2n) is 6.87. The second kappa shape index (κ2) is 11.1. The molecule has 9 heteroatoms. The number of thioether (sulfide) groups is 1. The van der Waals surface area contributed by atoms with Gasteiger partial charge in [-0.25, -0.2) is 0 Å². The number of rotatable bonds is 10. The summed E-state index contributed by atoms with van der Waals surface area (Å²) >= 11 is 1.27. The number of nitrogens with zero attached hydrogens (tertiary/aromatic N) is 3. The Morgan fingerprint density at radius 1 is 1.16 bits per heavy atom. The molecule has 32 heavy (non-hydrogen) atoms. The first kappa shape index (κ1) is 23.1. The maximum Gasteiger partial charge on any atom is 0.251 e. The Morgan fingerprint density at radius 2 is 1.88 bits per heavy atom. The van der Waals surface area contributed by atoms with E-state index in [1.54, 1.807) is 37.5 Å². The van der Waals surface area contributed by atoms with E-state index < -0.39 is 6.04 Å². The molecule has 1 aromatic heterocycles. The number of methoxy groups -OCH3 is 1. The summed E-state index contributed by atoms with van der Waals surface area (Å²) < 4.78 is 6.96. The average Bonchev–Trinajstić information content (AvgIpc) is 3.21. The van der Waals surface area contributed by atoms with E-state index in [0.29, 0.717) is 28.8 Å². The standard InChI is InChI=1S/C23H25N5O3S/c1-4-14-28-21(16(2)24-22(30)17-10-12-19(31-3)13-11-17)26-27-23(28)32-15-20(29)25-18-8-6-5-7-9-18/h4-13,16H,1,14-15H2,2-3H3,(H,24,30)(H,25,29)/t16-/m0/s1. The summed E-state index contributed by atoms with van der Waals surface area (Å²) in [4.78, 5) is 24.9. The molecule has 0 unspecified atom stereocenters. The number of ether oxygens (including phenoxy) is 1. The van der Waals surface area contributed by atoms with Crippen molar-refractivity contribution in [3.05, 3.63) is 78.6 Å². The number of hydrogen-bond donors (Lipinski definition) is 2. The first-order valence-electron chi connectivity index (χ1n) is 9.98. The van der Waals surface area contributed by atoms with E-state index in [1.807, 2.05) is 41.8 Å². The summed E-state index contributed by atoms with van der Waals surface area (Å²) in [5, 5.41) is 14.8. The van der Waals surface area contributed by atoms with Crippen LogP contribution in [0.1, 0.15) is 29.1 Å². The van der Waals surface area contributed by atoms with Crippen LogP contribution in [0.3, 0.4) is 0 Å². The zero-order valence-corrected chi connectivity index (χ0v) is 18.8. The predicted molar refractivity (Wildman–Crippen MR) is 125 cm³/mol. The molecule has 2 aromatic carbocycles. The van der Waals surface area contributed by atoms with Crippen LogP contribution in [0.25, 0.3) is 0 Å². The van der Waals surface area contributed by atoms with Crippen molar-refractivity contribution in [1.29, 1.82) is 0 Å². The van der Waals surface area contributed by atoms with Crippen LogP contribution >= 0.6 is 11.8 Å². The molecule has 0 aliphatic rings. The van der Waals surface area contributed by atoms with Gasteiger partial charge in [0, 0.05) is 17.8 Å². The molecule has 0 saturated carbocycles. The normalized spacial score (nSPS) is 11.4. The Morgan fingerprint density at radius 3 is 2.53 bits per heavy atom. The number of anilines is 1. The number of para-hydroxylation sites is 1. The van der Waals surface area contributed by atoms with Crippen molar-refractivity contribution in [2.24, 2.45) is 0 Å². The lowest BCUT2D eigenvalue weighted by Crippen LogP contribution is -2.28. The number of nitrogens with one attached hydrogen (secondary N) is 2. The Balaban J connectivity index is 1.65. The fourth-order valence-corrected chi connectivity index (χ4v) is 3.72. The lowest BCUT2D eigenvalue weighted by molar-refractivity contribution is -0.113. The molecule has 0 saturated heterocycles. The molecule has 0 aliphatic carbocycles. The zero-order chi connectivity index (χ0) is 22.9. The van der Waals surface area contributed by atoms with Crippen molar-refractivity contribution >= 4 is 29.3 Å². The van der Waals surface area contributed by atoms with Gasteiger partial charge in [0.2, 0.25) is 5.91 Å². The third-order valence-electron chi connectivity index (χ3n) is 4.53. The minimum atomic E-state index is -0.399. The SMILES string of the molecule is C=CCn1c(SCC(=O)Nc2ccccc2)nnc1[C@H](C)NC(=O)c1ccc(OC)cc1. The number of amides is 2. The topological polar surface area (TPSA) is 98.1 Å². The van der Waals surface area contributed by atoms with Crippen LogP contribution in [-0.2, 0) is 11.3 Å². The average molecular weight is 452 g/mol. The Hall–Kier alpha value is -3.59. The molecular formula is C23H25N5O3S. The van der Waals surface area contributed by atoms with E-state index in [-0.39, 0.29) is 17.6 Å². The molecule has 2 amide bonds. The molecule has 3 aromatic rings. The Labute approximate surface area is 191 Å². The molecule has 166 valence electrons. The third-order valence-corrected chi connectivity index (χ3v) is 5.50. The van der Waals surface area contributed by atoms with Crippen LogP contribution in [0.15, 0.2) is 72.4 Å². The van der Waals surface area contributed by atoms with E-state index in [4.69, 9.17) is 4.74 Å². The summed E-state index contributed by atoms with van der Waals surface area (Å²) in [5.41, 5.74) is 1.25. The molecule has 1 heterocycles. The largest absolute Gasteiger partial charge is 0.497 e. The van der Waals surface area contributed by atoms with Crippen molar-refractivity contribution in [3.63, 3.8) is 0 Å². The number of benzene rings is 2. The minimum absolute atomic E-state index is 0.142. The minimum Gasteiger partial charge on any atom is -0.497 e. The van der Waals surface area contributed by atoms with Crippen molar-refractivity contribution in [2.45, 2.75) is 24.7 Å². The second-order valence-corrected chi connectivity index (χ2v) is 7.81. The highest BCUT2D eigenvalue weighted by molar-refractivity contribution is 7.99. The highest BCUT2D eigenvalue weighted by atomic mass is 32.2. The number of allylic oxidation sites excluding steroid dienone is 1. The van der Waals surface area contributed by atoms with Gasteiger partial charge in [0.1, 0.15) is 5.75 Å². The summed E-state index contributed by atoms with van der Waals surface area (Å²) in [7, 11) is 1.57. The van der Waals surface area contributed by atoms with E-state index in [1.165, 1.54) is 11.8 Å². The lowest BCUT2D eigenvalue weighted by Gasteiger charge is -2.15. The summed E-state index contributed by atoms with van der Waals surface area (Å²) in [6.07, 6.45) is 1.72. The molecule has 8 nitrogen and oxygen atoms in total. The maximum absolute atomic E-state index is 12.6. The van der Waals surface area contributed by atoms with E-state index in [0.717, 1.165) is 5.69 Å². The van der Waals surface area contributed by atoms with Crippen molar-refractivity contribution in [2.75, 3.05) is 18.2 Å². The van der Waals surface area contributed by atoms with Gasteiger partial charge in [0.15, 0.2) is 11.0 Å².